The zero-order valence-electron chi connectivity index (χ0n) is 14.5. The van der Waals surface area contributed by atoms with Gasteiger partial charge < -0.3 is 14.5 Å². The zero-order chi connectivity index (χ0) is 17.9. The van der Waals surface area contributed by atoms with E-state index in [1.165, 1.54) is 7.11 Å². The van der Waals surface area contributed by atoms with Crippen LogP contribution in [0.2, 0.25) is 0 Å². The van der Waals surface area contributed by atoms with Crippen LogP contribution < -0.4 is 9.80 Å². The Kier molecular flexibility index (Phi) is 4.35. The number of hydrogen-bond acceptors (Lipinski definition) is 7. The van der Waals surface area contributed by atoms with Gasteiger partial charge in [-0.1, -0.05) is 24.3 Å². The molecule has 1 aromatic carbocycles. The Bertz CT molecular complexity index is 924. The first-order valence-corrected chi connectivity index (χ1v) is 8.51. The number of fused-ring (bicyclic) bond motifs is 1. The summed E-state index contributed by atoms with van der Waals surface area (Å²) in [5.74, 6) is 1.28. The normalized spacial score (nSPS) is 14.5. The highest BCUT2D eigenvalue weighted by atomic mass is 16.5. The number of esters is 1. The second-order valence-electron chi connectivity index (χ2n) is 6.06. The Morgan fingerprint density at radius 2 is 1.58 bits per heavy atom. The van der Waals surface area contributed by atoms with Gasteiger partial charge >= 0.3 is 5.97 Å². The van der Waals surface area contributed by atoms with Crippen LogP contribution in [0.1, 0.15) is 10.4 Å². The van der Waals surface area contributed by atoms with E-state index in [2.05, 4.69) is 24.8 Å². The Hall–Kier alpha value is -3.22. The molecule has 0 saturated carbocycles. The third kappa shape index (κ3) is 2.92. The van der Waals surface area contributed by atoms with Crippen molar-refractivity contribution in [3.8, 4) is 0 Å². The van der Waals surface area contributed by atoms with Gasteiger partial charge in [0, 0.05) is 55.5 Å². The number of benzene rings is 1. The molecule has 0 radical (unpaired) electrons. The zero-order valence-corrected chi connectivity index (χ0v) is 14.5. The van der Waals surface area contributed by atoms with Crippen LogP contribution in [-0.4, -0.2) is 54.2 Å². The lowest BCUT2D eigenvalue weighted by Crippen LogP contribution is -2.47. The summed E-state index contributed by atoms with van der Waals surface area (Å²) < 4.78 is 4.88. The van der Waals surface area contributed by atoms with E-state index in [4.69, 9.17) is 4.74 Å². The predicted molar refractivity (Wildman–Crippen MR) is 99.5 cm³/mol. The van der Waals surface area contributed by atoms with Crippen LogP contribution in [0.25, 0.3) is 10.8 Å². The van der Waals surface area contributed by atoms with E-state index in [9.17, 15) is 4.79 Å². The number of ether oxygens (including phenoxy) is 1. The maximum absolute atomic E-state index is 12.0. The molecule has 3 aromatic rings. The molecule has 0 unspecified atom stereocenters. The van der Waals surface area contributed by atoms with Crippen molar-refractivity contribution in [1.82, 2.24) is 15.0 Å². The van der Waals surface area contributed by atoms with Gasteiger partial charge in [-0.25, -0.2) is 19.7 Å². The molecule has 0 spiro atoms. The summed E-state index contributed by atoms with van der Waals surface area (Å²) in [4.78, 5) is 29.6. The average Bonchev–Trinajstić information content (AvgIpc) is 2.73. The number of anilines is 2. The summed E-state index contributed by atoms with van der Waals surface area (Å²) in [5, 5.41) is 1.82. The van der Waals surface area contributed by atoms with E-state index >= 15 is 0 Å². The molecule has 26 heavy (non-hydrogen) atoms. The lowest BCUT2D eigenvalue weighted by Gasteiger charge is -2.35. The van der Waals surface area contributed by atoms with Crippen molar-refractivity contribution in [2.75, 3.05) is 43.1 Å². The largest absolute Gasteiger partial charge is 0.465 e. The van der Waals surface area contributed by atoms with Crippen LogP contribution in [0.15, 0.2) is 48.9 Å². The highest BCUT2D eigenvalue weighted by Gasteiger charge is 2.22. The number of aromatic nitrogens is 3. The first-order valence-electron chi connectivity index (χ1n) is 8.51. The van der Waals surface area contributed by atoms with Gasteiger partial charge in [0.15, 0.2) is 0 Å². The summed E-state index contributed by atoms with van der Waals surface area (Å²) >= 11 is 0. The fourth-order valence-corrected chi connectivity index (χ4v) is 3.28. The molecule has 0 N–H and O–H groups in total. The van der Waals surface area contributed by atoms with Crippen molar-refractivity contribution in [3.05, 3.63) is 54.5 Å². The minimum Gasteiger partial charge on any atom is -0.465 e. The second kappa shape index (κ2) is 6.95. The van der Waals surface area contributed by atoms with Gasteiger partial charge in [0.25, 0.3) is 0 Å². The molecule has 2 aromatic heterocycles. The number of hydrogen-bond donors (Lipinski definition) is 0. The third-order valence-corrected chi connectivity index (χ3v) is 4.59. The molecule has 7 heteroatoms. The Morgan fingerprint density at radius 1 is 0.923 bits per heavy atom. The summed E-state index contributed by atoms with van der Waals surface area (Å²) in [6.07, 6.45) is 5.13. The first kappa shape index (κ1) is 16.3. The van der Waals surface area contributed by atoms with Crippen molar-refractivity contribution in [1.29, 1.82) is 0 Å². The number of carbonyl (C=O) groups excluding carboxylic acids is 1. The van der Waals surface area contributed by atoms with E-state index in [1.54, 1.807) is 18.6 Å². The van der Waals surface area contributed by atoms with Gasteiger partial charge in [0.2, 0.25) is 5.95 Å². The number of pyridine rings is 1. The molecule has 0 amide bonds. The lowest BCUT2D eigenvalue weighted by atomic mass is 10.1. The number of rotatable bonds is 3. The fourth-order valence-electron chi connectivity index (χ4n) is 3.28. The van der Waals surface area contributed by atoms with E-state index in [0.717, 1.165) is 48.7 Å². The third-order valence-electron chi connectivity index (χ3n) is 4.59. The monoisotopic (exact) mass is 349 g/mol. The van der Waals surface area contributed by atoms with Gasteiger partial charge in [-0.2, -0.15) is 0 Å². The first-order chi connectivity index (χ1) is 12.8. The Balaban J connectivity index is 1.61. The molecular weight excluding hydrogens is 330 g/mol. The van der Waals surface area contributed by atoms with Crippen molar-refractivity contribution < 1.29 is 9.53 Å². The quantitative estimate of drug-likeness (QED) is 0.671. The van der Waals surface area contributed by atoms with Crippen molar-refractivity contribution in [2.45, 2.75) is 0 Å². The molecule has 0 bridgehead atoms. The van der Waals surface area contributed by atoms with Crippen LogP contribution in [0.4, 0.5) is 11.8 Å². The summed E-state index contributed by atoms with van der Waals surface area (Å²) in [7, 11) is 1.38. The standard InChI is InChI=1S/C19H19N5O2/c1-26-18(25)16-13-22-17(15-6-3-2-5-14(15)16)23-9-11-24(12-10-23)19-20-7-4-8-21-19/h2-8,13H,9-12H2,1H3. The molecule has 1 aliphatic heterocycles. The van der Waals surface area contributed by atoms with Gasteiger partial charge in [-0.15, -0.1) is 0 Å². The number of carbonyl (C=O) groups is 1. The van der Waals surface area contributed by atoms with Gasteiger partial charge in [-0.3, -0.25) is 0 Å². The van der Waals surface area contributed by atoms with Gasteiger partial charge in [-0.05, 0) is 6.07 Å². The second-order valence-corrected chi connectivity index (χ2v) is 6.06. The molecule has 1 saturated heterocycles. The smallest absolute Gasteiger partial charge is 0.340 e. The summed E-state index contributed by atoms with van der Waals surface area (Å²) in [5.41, 5.74) is 0.489. The molecule has 1 fully saturated rings. The van der Waals surface area contributed by atoms with E-state index < -0.39 is 0 Å². The van der Waals surface area contributed by atoms with Crippen LogP contribution in [0.3, 0.4) is 0 Å². The van der Waals surface area contributed by atoms with Crippen LogP contribution in [-0.2, 0) is 4.74 Å². The number of piperazine rings is 1. The molecular formula is C19H19N5O2. The Labute approximate surface area is 151 Å². The average molecular weight is 349 g/mol. The molecule has 0 atom stereocenters. The fraction of sp³-hybridized carbons (Fsp3) is 0.263. The van der Waals surface area contributed by atoms with Crippen molar-refractivity contribution in [2.24, 2.45) is 0 Å². The SMILES string of the molecule is COC(=O)c1cnc(N2CCN(c3ncccn3)CC2)c2ccccc12. The van der Waals surface area contributed by atoms with Gasteiger partial charge in [0.05, 0.1) is 12.7 Å². The highest BCUT2D eigenvalue weighted by molar-refractivity contribution is 6.07. The summed E-state index contributed by atoms with van der Waals surface area (Å²) in [6.45, 7) is 3.26. The predicted octanol–water partition coefficient (Wildman–Crippen LogP) is 2.14. The van der Waals surface area contributed by atoms with Crippen LogP contribution in [0, 0.1) is 0 Å². The van der Waals surface area contributed by atoms with Crippen molar-refractivity contribution in [3.63, 3.8) is 0 Å². The van der Waals surface area contributed by atoms with E-state index in [0.29, 0.717) is 5.56 Å². The molecule has 132 valence electrons. The number of nitrogens with zero attached hydrogens (tertiary/aromatic N) is 5. The molecule has 0 aliphatic carbocycles. The van der Waals surface area contributed by atoms with Crippen molar-refractivity contribution >= 4 is 28.5 Å². The molecule has 3 heterocycles. The maximum atomic E-state index is 12.0. The van der Waals surface area contributed by atoms with Crippen LogP contribution in [0.5, 0.6) is 0 Å². The highest BCUT2D eigenvalue weighted by Crippen LogP contribution is 2.28. The molecule has 7 nitrogen and oxygen atoms in total. The minimum absolute atomic E-state index is 0.369. The topological polar surface area (TPSA) is 71.5 Å². The molecule has 4 rings (SSSR count). The maximum Gasteiger partial charge on any atom is 0.340 e. The van der Waals surface area contributed by atoms with Crippen LogP contribution >= 0.6 is 0 Å². The minimum atomic E-state index is -0.369. The summed E-state index contributed by atoms with van der Waals surface area (Å²) in [6, 6.07) is 9.63. The van der Waals surface area contributed by atoms with E-state index in [1.807, 2.05) is 30.3 Å². The number of methoxy groups -OCH3 is 1. The Morgan fingerprint density at radius 3 is 2.27 bits per heavy atom. The molecule has 1 aliphatic rings. The van der Waals surface area contributed by atoms with Gasteiger partial charge in [0.1, 0.15) is 5.82 Å². The lowest BCUT2D eigenvalue weighted by molar-refractivity contribution is 0.0602. The van der Waals surface area contributed by atoms with E-state index in [-0.39, 0.29) is 5.97 Å².